The zero-order valence-electron chi connectivity index (χ0n) is 7.22. The third-order valence-corrected chi connectivity index (χ3v) is 4.26. The van der Waals surface area contributed by atoms with Gasteiger partial charge in [0.2, 0.25) is 0 Å². The highest BCUT2D eigenvalue weighted by Crippen LogP contribution is 2.29. The number of halogens is 3. The zero-order chi connectivity index (χ0) is 10.9. The van der Waals surface area contributed by atoms with Crippen LogP contribution in [0.1, 0.15) is 18.4 Å². The Bertz CT molecular complexity index is 353. The molecule has 0 saturated heterocycles. The van der Waals surface area contributed by atoms with E-state index in [4.69, 9.17) is 5.11 Å². The average Bonchev–Trinajstić information content (AvgIpc) is 2.01. The minimum absolute atomic E-state index is 0.439. The van der Waals surface area contributed by atoms with E-state index in [2.05, 4.69) is 67.8 Å². The Hall–Kier alpha value is 0.880. The summed E-state index contributed by atoms with van der Waals surface area (Å²) in [6.45, 7) is 1.72. The molecule has 0 heterocycles. The summed E-state index contributed by atoms with van der Waals surface area (Å²) in [7, 11) is 0. The molecule has 0 aliphatic rings. The summed E-state index contributed by atoms with van der Waals surface area (Å²) >= 11 is 6.61. The van der Waals surface area contributed by atoms with Gasteiger partial charge in [-0.15, -0.1) is 0 Å². The monoisotopic (exact) mass is 528 g/mol. The molecule has 1 aromatic rings. The Labute approximate surface area is 123 Å². The molecular weight excluding hydrogens is 521 g/mol. The molecular formula is C9H7I3O2. The molecule has 0 amide bonds. The molecule has 0 aromatic heterocycles. The second-order valence-electron chi connectivity index (χ2n) is 2.84. The number of carboxylic acid groups (broad SMARTS) is 1. The molecule has 0 saturated carbocycles. The van der Waals surface area contributed by atoms with Crippen molar-refractivity contribution in [1.29, 1.82) is 0 Å². The minimum atomic E-state index is -0.776. The van der Waals surface area contributed by atoms with Crippen LogP contribution >= 0.6 is 67.8 Å². The molecule has 2 nitrogen and oxygen atoms in total. The third kappa shape index (κ3) is 2.94. The highest BCUT2D eigenvalue weighted by atomic mass is 127. The fourth-order valence-electron chi connectivity index (χ4n) is 1.09. The van der Waals surface area contributed by atoms with Crippen LogP contribution in [-0.2, 0) is 4.79 Å². The SMILES string of the molecule is CC(C(=O)O)c1c(I)cc(I)cc1I. The molecule has 0 fully saturated rings. The summed E-state index contributed by atoms with van der Waals surface area (Å²) in [5, 5.41) is 8.95. The first-order valence-corrected chi connectivity index (χ1v) is 7.04. The van der Waals surface area contributed by atoms with E-state index in [1.54, 1.807) is 6.92 Å². The normalized spacial score (nSPS) is 12.6. The van der Waals surface area contributed by atoms with Gasteiger partial charge in [-0.1, -0.05) is 0 Å². The van der Waals surface area contributed by atoms with Crippen molar-refractivity contribution in [3.8, 4) is 0 Å². The van der Waals surface area contributed by atoms with Crippen LogP contribution in [0.15, 0.2) is 12.1 Å². The fraction of sp³-hybridized carbons (Fsp3) is 0.222. The van der Waals surface area contributed by atoms with E-state index < -0.39 is 11.9 Å². The number of carboxylic acids is 1. The topological polar surface area (TPSA) is 37.3 Å². The van der Waals surface area contributed by atoms with E-state index in [0.717, 1.165) is 16.3 Å². The number of carbonyl (C=O) groups is 1. The largest absolute Gasteiger partial charge is 0.481 e. The van der Waals surface area contributed by atoms with Crippen molar-refractivity contribution < 1.29 is 9.90 Å². The van der Waals surface area contributed by atoms with Gasteiger partial charge in [0.1, 0.15) is 0 Å². The van der Waals surface area contributed by atoms with Gasteiger partial charge < -0.3 is 5.11 Å². The van der Waals surface area contributed by atoms with E-state index in [1.807, 2.05) is 12.1 Å². The molecule has 0 aliphatic heterocycles. The highest BCUT2D eigenvalue weighted by molar-refractivity contribution is 14.1. The van der Waals surface area contributed by atoms with E-state index in [0.29, 0.717) is 0 Å². The van der Waals surface area contributed by atoms with Crippen LogP contribution in [0.3, 0.4) is 0 Å². The van der Waals surface area contributed by atoms with Crippen molar-refractivity contribution in [2.45, 2.75) is 12.8 Å². The van der Waals surface area contributed by atoms with Crippen molar-refractivity contribution in [3.63, 3.8) is 0 Å². The van der Waals surface area contributed by atoms with Crippen molar-refractivity contribution >= 4 is 73.7 Å². The Morgan fingerprint density at radius 2 is 1.71 bits per heavy atom. The molecule has 1 unspecified atom stereocenters. The maximum atomic E-state index is 10.9. The van der Waals surface area contributed by atoms with Gasteiger partial charge in [0.15, 0.2) is 0 Å². The molecule has 76 valence electrons. The second-order valence-corrected chi connectivity index (χ2v) is 6.41. The van der Waals surface area contributed by atoms with E-state index in [1.165, 1.54) is 0 Å². The number of rotatable bonds is 2. The summed E-state index contributed by atoms with van der Waals surface area (Å²) in [6, 6.07) is 4.00. The van der Waals surface area contributed by atoms with Crippen LogP contribution in [0.2, 0.25) is 0 Å². The molecule has 1 rings (SSSR count). The van der Waals surface area contributed by atoms with E-state index in [-0.39, 0.29) is 0 Å². The molecule has 0 bridgehead atoms. The standard InChI is InChI=1S/C9H7I3O2/c1-4(9(13)14)8-6(11)2-5(10)3-7(8)12/h2-4H,1H3,(H,13,14). The van der Waals surface area contributed by atoms with Crippen LogP contribution in [0, 0.1) is 10.7 Å². The molecule has 5 heteroatoms. The van der Waals surface area contributed by atoms with Crippen molar-refractivity contribution in [2.24, 2.45) is 0 Å². The third-order valence-electron chi connectivity index (χ3n) is 1.85. The Kier molecular flexibility index (Phi) is 4.88. The van der Waals surface area contributed by atoms with Crippen LogP contribution < -0.4 is 0 Å². The number of aliphatic carboxylic acids is 1. The fourth-order valence-corrected chi connectivity index (χ4v) is 5.61. The number of hydrogen-bond acceptors (Lipinski definition) is 1. The summed E-state index contributed by atoms with van der Waals surface area (Å²) < 4.78 is 3.18. The number of benzene rings is 1. The highest BCUT2D eigenvalue weighted by Gasteiger charge is 2.19. The van der Waals surface area contributed by atoms with Gasteiger partial charge in [0, 0.05) is 10.7 Å². The average molecular weight is 528 g/mol. The maximum absolute atomic E-state index is 10.9. The summed E-state index contributed by atoms with van der Waals surface area (Å²) in [6.07, 6.45) is 0. The van der Waals surface area contributed by atoms with Crippen LogP contribution in [0.25, 0.3) is 0 Å². The van der Waals surface area contributed by atoms with Gasteiger partial charge >= 0.3 is 5.97 Å². The lowest BCUT2D eigenvalue weighted by atomic mass is 10.0. The van der Waals surface area contributed by atoms with Crippen molar-refractivity contribution in [1.82, 2.24) is 0 Å². The quantitative estimate of drug-likeness (QED) is 0.596. The molecule has 14 heavy (non-hydrogen) atoms. The van der Waals surface area contributed by atoms with Gasteiger partial charge in [-0.25, -0.2) is 0 Å². The van der Waals surface area contributed by atoms with Crippen LogP contribution in [0.4, 0.5) is 0 Å². The lowest BCUT2D eigenvalue weighted by molar-refractivity contribution is -0.138. The Balaban J connectivity index is 3.27. The van der Waals surface area contributed by atoms with Gasteiger partial charge in [-0.2, -0.15) is 0 Å². The lowest BCUT2D eigenvalue weighted by Crippen LogP contribution is -2.11. The van der Waals surface area contributed by atoms with Crippen molar-refractivity contribution in [3.05, 3.63) is 28.4 Å². The van der Waals surface area contributed by atoms with Crippen molar-refractivity contribution in [2.75, 3.05) is 0 Å². The molecule has 0 aliphatic carbocycles. The van der Waals surface area contributed by atoms with E-state index in [9.17, 15) is 4.79 Å². The molecule has 1 atom stereocenters. The maximum Gasteiger partial charge on any atom is 0.310 e. The molecule has 1 aromatic carbocycles. The zero-order valence-corrected chi connectivity index (χ0v) is 13.7. The minimum Gasteiger partial charge on any atom is -0.481 e. The van der Waals surface area contributed by atoms with Gasteiger partial charge in [-0.05, 0) is 92.4 Å². The Morgan fingerprint density at radius 3 is 2.07 bits per heavy atom. The van der Waals surface area contributed by atoms with Crippen LogP contribution in [-0.4, -0.2) is 11.1 Å². The summed E-state index contributed by atoms with van der Waals surface area (Å²) in [5.74, 6) is -1.21. The first kappa shape index (κ1) is 12.9. The van der Waals surface area contributed by atoms with E-state index >= 15 is 0 Å². The predicted octanol–water partition coefficient (Wildman–Crippen LogP) is 3.69. The molecule has 0 spiro atoms. The molecule has 1 N–H and O–H groups in total. The lowest BCUT2D eigenvalue weighted by Gasteiger charge is -2.12. The predicted molar refractivity (Wildman–Crippen MR) is 80.6 cm³/mol. The molecule has 0 radical (unpaired) electrons. The Morgan fingerprint density at radius 1 is 1.29 bits per heavy atom. The summed E-state index contributed by atoms with van der Waals surface area (Å²) in [4.78, 5) is 10.9. The first-order chi connectivity index (χ1) is 6.43. The summed E-state index contributed by atoms with van der Waals surface area (Å²) in [5.41, 5.74) is 0.916. The van der Waals surface area contributed by atoms with Gasteiger partial charge in [-0.3, -0.25) is 4.79 Å². The van der Waals surface area contributed by atoms with Crippen LogP contribution in [0.5, 0.6) is 0 Å². The van der Waals surface area contributed by atoms with Gasteiger partial charge in [0.25, 0.3) is 0 Å². The second kappa shape index (κ2) is 5.28. The number of hydrogen-bond donors (Lipinski definition) is 1. The van der Waals surface area contributed by atoms with Gasteiger partial charge in [0.05, 0.1) is 5.92 Å². The first-order valence-electron chi connectivity index (χ1n) is 3.80. The smallest absolute Gasteiger partial charge is 0.310 e.